The molecular formula is C16H17FN4O2. The van der Waals surface area contributed by atoms with Crippen molar-refractivity contribution in [1.29, 1.82) is 0 Å². The van der Waals surface area contributed by atoms with Gasteiger partial charge in [0.05, 0.1) is 0 Å². The molecule has 6 nitrogen and oxygen atoms in total. The number of halogens is 1. The lowest BCUT2D eigenvalue weighted by atomic mass is 9.99. The van der Waals surface area contributed by atoms with Crippen LogP contribution >= 0.6 is 0 Å². The van der Waals surface area contributed by atoms with Crippen LogP contribution < -0.4 is 10.6 Å². The van der Waals surface area contributed by atoms with Gasteiger partial charge in [0.25, 0.3) is 0 Å². The standard InChI is InChI=1S/C16H17FN4O2/c17-12-1-3-13(4-2-12)18-14-5-6-15(21-20-14)19-16(22)11-7-9-23-10-8-11/h1-6,11H,7-10H2,(H,18,20)(H,19,21,22). The summed E-state index contributed by atoms with van der Waals surface area (Å²) in [5, 5.41) is 13.7. The molecule has 1 aliphatic rings. The highest BCUT2D eigenvalue weighted by molar-refractivity contribution is 5.91. The number of benzene rings is 1. The Morgan fingerprint density at radius 2 is 1.70 bits per heavy atom. The van der Waals surface area contributed by atoms with Crippen molar-refractivity contribution in [2.75, 3.05) is 23.8 Å². The van der Waals surface area contributed by atoms with Gasteiger partial charge in [0.1, 0.15) is 5.82 Å². The Morgan fingerprint density at radius 1 is 1.04 bits per heavy atom. The first kappa shape index (κ1) is 15.4. The van der Waals surface area contributed by atoms with Crippen LogP contribution in [0.5, 0.6) is 0 Å². The molecule has 0 spiro atoms. The Labute approximate surface area is 133 Å². The molecule has 1 aromatic carbocycles. The quantitative estimate of drug-likeness (QED) is 0.907. The second-order valence-corrected chi connectivity index (χ2v) is 5.31. The van der Waals surface area contributed by atoms with Gasteiger partial charge in [0.15, 0.2) is 11.6 Å². The summed E-state index contributed by atoms with van der Waals surface area (Å²) in [4.78, 5) is 12.1. The van der Waals surface area contributed by atoms with E-state index in [-0.39, 0.29) is 17.6 Å². The van der Waals surface area contributed by atoms with E-state index in [2.05, 4.69) is 20.8 Å². The third kappa shape index (κ3) is 4.23. The molecule has 2 aromatic rings. The maximum Gasteiger partial charge on any atom is 0.228 e. The van der Waals surface area contributed by atoms with Crippen LogP contribution in [-0.2, 0) is 9.53 Å². The van der Waals surface area contributed by atoms with Gasteiger partial charge >= 0.3 is 0 Å². The molecule has 2 N–H and O–H groups in total. The molecule has 1 fully saturated rings. The van der Waals surface area contributed by atoms with Crippen LogP contribution in [0.4, 0.5) is 21.7 Å². The predicted octanol–water partition coefficient (Wildman–Crippen LogP) is 2.72. The summed E-state index contributed by atoms with van der Waals surface area (Å²) < 4.78 is 18.1. The molecule has 1 amide bonds. The molecule has 120 valence electrons. The zero-order valence-electron chi connectivity index (χ0n) is 12.5. The predicted molar refractivity (Wildman–Crippen MR) is 83.9 cm³/mol. The first-order valence-electron chi connectivity index (χ1n) is 7.45. The number of amides is 1. The van der Waals surface area contributed by atoms with Gasteiger partial charge < -0.3 is 15.4 Å². The Hall–Kier alpha value is -2.54. The average Bonchev–Trinajstić information content (AvgIpc) is 2.59. The van der Waals surface area contributed by atoms with Gasteiger partial charge in [-0.25, -0.2) is 4.39 Å². The molecule has 2 heterocycles. The molecule has 23 heavy (non-hydrogen) atoms. The molecule has 1 aliphatic heterocycles. The van der Waals surface area contributed by atoms with Gasteiger partial charge in [0, 0.05) is 24.8 Å². The fraction of sp³-hybridized carbons (Fsp3) is 0.312. The summed E-state index contributed by atoms with van der Waals surface area (Å²) in [6.07, 6.45) is 1.45. The van der Waals surface area contributed by atoms with E-state index in [4.69, 9.17) is 4.74 Å². The summed E-state index contributed by atoms with van der Waals surface area (Å²) in [5.74, 6) is 0.532. The molecule has 0 radical (unpaired) electrons. The molecular weight excluding hydrogens is 299 g/mol. The van der Waals surface area contributed by atoms with E-state index in [1.807, 2.05) is 0 Å². The Bertz CT molecular complexity index is 655. The van der Waals surface area contributed by atoms with Crippen LogP contribution in [0.1, 0.15) is 12.8 Å². The van der Waals surface area contributed by atoms with Crippen molar-refractivity contribution < 1.29 is 13.9 Å². The molecule has 1 saturated heterocycles. The molecule has 0 saturated carbocycles. The number of aromatic nitrogens is 2. The monoisotopic (exact) mass is 316 g/mol. The zero-order chi connectivity index (χ0) is 16.1. The van der Waals surface area contributed by atoms with Crippen LogP contribution in [0.2, 0.25) is 0 Å². The van der Waals surface area contributed by atoms with E-state index in [0.717, 1.165) is 12.8 Å². The van der Waals surface area contributed by atoms with Crippen molar-refractivity contribution in [3.8, 4) is 0 Å². The topological polar surface area (TPSA) is 76.1 Å². The van der Waals surface area contributed by atoms with Crippen LogP contribution in [0.15, 0.2) is 36.4 Å². The lowest BCUT2D eigenvalue weighted by Gasteiger charge is -2.20. The van der Waals surface area contributed by atoms with E-state index >= 15 is 0 Å². The molecule has 3 rings (SSSR count). The van der Waals surface area contributed by atoms with Crippen molar-refractivity contribution in [2.24, 2.45) is 5.92 Å². The van der Waals surface area contributed by atoms with Crippen LogP contribution in [0.25, 0.3) is 0 Å². The number of hydrogen-bond acceptors (Lipinski definition) is 5. The molecule has 1 aromatic heterocycles. The third-order valence-electron chi connectivity index (χ3n) is 3.62. The molecule has 0 aliphatic carbocycles. The average molecular weight is 316 g/mol. The zero-order valence-corrected chi connectivity index (χ0v) is 12.5. The SMILES string of the molecule is O=C(Nc1ccc(Nc2ccc(F)cc2)nn1)C1CCOCC1. The second-order valence-electron chi connectivity index (χ2n) is 5.31. The lowest BCUT2D eigenvalue weighted by Crippen LogP contribution is -2.28. The summed E-state index contributed by atoms with van der Waals surface area (Å²) in [6.45, 7) is 1.23. The van der Waals surface area contributed by atoms with Crippen molar-refractivity contribution in [2.45, 2.75) is 12.8 Å². The number of nitrogens with zero attached hydrogens (tertiary/aromatic N) is 2. The van der Waals surface area contributed by atoms with Crippen LogP contribution in [0, 0.1) is 11.7 Å². The minimum atomic E-state index is -0.298. The summed E-state index contributed by atoms with van der Waals surface area (Å²) in [5.41, 5.74) is 0.708. The normalized spacial score (nSPS) is 15.2. The van der Waals surface area contributed by atoms with E-state index in [0.29, 0.717) is 30.5 Å². The van der Waals surface area contributed by atoms with Crippen molar-refractivity contribution in [1.82, 2.24) is 10.2 Å². The third-order valence-corrected chi connectivity index (χ3v) is 3.62. The minimum absolute atomic E-state index is 0.0393. The number of carbonyl (C=O) groups excluding carboxylic acids is 1. The minimum Gasteiger partial charge on any atom is -0.381 e. The fourth-order valence-electron chi connectivity index (χ4n) is 2.33. The highest BCUT2D eigenvalue weighted by atomic mass is 19.1. The first-order valence-corrected chi connectivity index (χ1v) is 7.45. The number of anilines is 3. The van der Waals surface area contributed by atoms with Crippen molar-refractivity contribution in [3.63, 3.8) is 0 Å². The maximum absolute atomic E-state index is 12.8. The fourth-order valence-corrected chi connectivity index (χ4v) is 2.33. The van der Waals surface area contributed by atoms with Crippen LogP contribution in [0.3, 0.4) is 0 Å². The first-order chi connectivity index (χ1) is 11.2. The lowest BCUT2D eigenvalue weighted by molar-refractivity contribution is -0.122. The summed E-state index contributed by atoms with van der Waals surface area (Å²) >= 11 is 0. The van der Waals surface area contributed by atoms with Gasteiger partial charge in [-0.15, -0.1) is 10.2 Å². The van der Waals surface area contributed by atoms with E-state index in [1.165, 1.54) is 12.1 Å². The van der Waals surface area contributed by atoms with Crippen molar-refractivity contribution >= 4 is 23.2 Å². The van der Waals surface area contributed by atoms with Crippen molar-refractivity contribution in [3.05, 3.63) is 42.2 Å². The number of ether oxygens (including phenoxy) is 1. The highest BCUT2D eigenvalue weighted by Crippen LogP contribution is 2.18. The Morgan fingerprint density at radius 3 is 2.35 bits per heavy atom. The highest BCUT2D eigenvalue weighted by Gasteiger charge is 2.21. The van der Waals surface area contributed by atoms with E-state index in [9.17, 15) is 9.18 Å². The number of nitrogens with one attached hydrogen (secondary N) is 2. The Kier molecular flexibility index (Phi) is 4.77. The number of rotatable bonds is 4. The largest absolute Gasteiger partial charge is 0.381 e. The Balaban J connectivity index is 1.58. The van der Waals surface area contributed by atoms with Gasteiger partial charge in [-0.05, 0) is 49.2 Å². The van der Waals surface area contributed by atoms with E-state index < -0.39 is 0 Å². The molecule has 7 heteroatoms. The summed E-state index contributed by atoms with van der Waals surface area (Å²) in [6, 6.07) is 9.32. The molecule has 0 atom stereocenters. The smallest absolute Gasteiger partial charge is 0.228 e. The van der Waals surface area contributed by atoms with Gasteiger partial charge in [-0.2, -0.15) is 0 Å². The van der Waals surface area contributed by atoms with Gasteiger partial charge in [0.2, 0.25) is 5.91 Å². The van der Waals surface area contributed by atoms with E-state index in [1.54, 1.807) is 24.3 Å². The van der Waals surface area contributed by atoms with Gasteiger partial charge in [-0.3, -0.25) is 4.79 Å². The summed E-state index contributed by atoms with van der Waals surface area (Å²) in [7, 11) is 0. The number of carbonyl (C=O) groups is 1. The van der Waals surface area contributed by atoms with Gasteiger partial charge in [-0.1, -0.05) is 0 Å². The molecule has 0 unspecified atom stereocenters. The van der Waals surface area contributed by atoms with Crippen LogP contribution in [-0.4, -0.2) is 29.3 Å². The maximum atomic E-state index is 12.8. The second kappa shape index (κ2) is 7.15. The number of hydrogen-bond donors (Lipinski definition) is 2. The molecule has 0 bridgehead atoms.